The zero-order valence-corrected chi connectivity index (χ0v) is 22.8. The van der Waals surface area contributed by atoms with Gasteiger partial charge in [0.05, 0.1) is 0 Å². The Morgan fingerprint density at radius 1 is 1.00 bits per heavy atom. The first kappa shape index (κ1) is 27.9. The summed E-state index contributed by atoms with van der Waals surface area (Å²) in [5, 5.41) is 6.29. The molecule has 2 fully saturated rings. The van der Waals surface area contributed by atoms with Crippen molar-refractivity contribution in [3.63, 3.8) is 0 Å². The van der Waals surface area contributed by atoms with Crippen LogP contribution in [-0.4, -0.2) is 93.0 Å². The lowest BCUT2D eigenvalue weighted by Gasteiger charge is -2.35. The molecule has 7 nitrogen and oxygen atoms in total. The van der Waals surface area contributed by atoms with E-state index in [1.54, 1.807) is 7.05 Å². The number of hydrogen-bond donors (Lipinski definition) is 2. The van der Waals surface area contributed by atoms with Crippen LogP contribution in [0.3, 0.4) is 0 Å². The molecule has 2 aliphatic heterocycles. The van der Waals surface area contributed by atoms with E-state index in [1.165, 1.54) is 31.6 Å². The van der Waals surface area contributed by atoms with Crippen molar-refractivity contribution in [2.24, 2.45) is 10.9 Å². The van der Waals surface area contributed by atoms with Crippen LogP contribution in [0.1, 0.15) is 37.7 Å². The minimum Gasteiger partial charge on any atom is -0.359 e. The van der Waals surface area contributed by atoms with Gasteiger partial charge in [-0.15, -0.1) is 24.0 Å². The van der Waals surface area contributed by atoms with Gasteiger partial charge in [0.15, 0.2) is 5.96 Å². The SMILES string of the molecule is CN=C(NCCCCN1CCN(Cc2ccccc2)CC1)N1CCC(CC(=O)NC)CC1.I. The molecular weight excluding hydrogens is 527 g/mol. The van der Waals surface area contributed by atoms with Crippen LogP contribution in [0.5, 0.6) is 0 Å². The molecule has 2 saturated heterocycles. The number of guanidine groups is 1. The smallest absolute Gasteiger partial charge is 0.220 e. The predicted molar refractivity (Wildman–Crippen MR) is 147 cm³/mol. The molecule has 1 amide bonds. The molecule has 33 heavy (non-hydrogen) atoms. The Balaban J connectivity index is 0.00000385. The highest BCUT2D eigenvalue weighted by molar-refractivity contribution is 14.0. The lowest BCUT2D eigenvalue weighted by molar-refractivity contribution is -0.121. The maximum atomic E-state index is 11.6. The van der Waals surface area contributed by atoms with Gasteiger partial charge in [0.25, 0.3) is 0 Å². The second-order valence-electron chi connectivity index (χ2n) is 9.09. The maximum Gasteiger partial charge on any atom is 0.220 e. The van der Waals surface area contributed by atoms with Crippen LogP contribution in [0.2, 0.25) is 0 Å². The highest BCUT2D eigenvalue weighted by Gasteiger charge is 2.23. The normalized spacial score (nSPS) is 18.6. The van der Waals surface area contributed by atoms with E-state index in [2.05, 4.69) is 60.7 Å². The van der Waals surface area contributed by atoms with Gasteiger partial charge in [-0.2, -0.15) is 0 Å². The molecule has 2 N–H and O–H groups in total. The number of unbranched alkanes of at least 4 members (excludes halogenated alkanes) is 1. The van der Waals surface area contributed by atoms with Gasteiger partial charge in [-0.1, -0.05) is 30.3 Å². The van der Waals surface area contributed by atoms with Crippen molar-refractivity contribution in [1.29, 1.82) is 0 Å². The second kappa shape index (κ2) is 15.5. The Labute approximate surface area is 217 Å². The van der Waals surface area contributed by atoms with E-state index in [0.29, 0.717) is 12.3 Å². The number of halogens is 1. The Morgan fingerprint density at radius 3 is 2.30 bits per heavy atom. The van der Waals surface area contributed by atoms with Crippen LogP contribution in [0.15, 0.2) is 35.3 Å². The molecule has 0 radical (unpaired) electrons. The molecule has 1 aromatic carbocycles. The number of benzene rings is 1. The van der Waals surface area contributed by atoms with E-state index in [9.17, 15) is 4.79 Å². The number of carbonyl (C=O) groups is 1. The third-order valence-electron chi connectivity index (χ3n) is 6.78. The molecular formula is C25H43IN6O. The molecule has 0 aromatic heterocycles. The number of hydrogen-bond acceptors (Lipinski definition) is 4. The fraction of sp³-hybridized carbons (Fsp3) is 0.680. The molecule has 1 aromatic rings. The summed E-state index contributed by atoms with van der Waals surface area (Å²) in [6, 6.07) is 10.8. The van der Waals surface area contributed by atoms with Gasteiger partial charge in [-0.25, -0.2) is 0 Å². The van der Waals surface area contributed by atoms with E-state index < -0.39 is 0 Å². The fourth-order valence-electron chi connectivity index (χ4n) is 4.72. The lowest BCUT2D eigenvalue weighted by atomic mass is 9.93. The van der Waals surface area contributed by atoms with Crippen molar-refractivity contribution in [2.45, 2.75) is 38.6 Å². The summed E-state index contributed by atoms with van der Waals surface area (Å²) in [5.74, 6) is 1.67. The van der Waals surface area contributed by atoms with Crippen molar-refractivity contribution < 1.29 is 4.79 Å². The first-order chi connectivity index (χ1) is 15.7. The summed E-state index contributed by atoms with van der Waals surface area (Å²) in [7, 11) is 3.59. The third-order valence-corrected chi connectivity index (χ3v) is 6.78. The highest BCUT2D eigenvalue weighted by Crippen LogP contribution is 2.20. The zero-order chi connectivity index (χ0) is 22.6. The van der Waals surface area contributed by atoms with Crippen LogP contribution in [0.25, 0.3) is 0 Å². The van der Waals surface area contributed by atoms with Crippen molar-refractivity contribution in [3.8, 4) is 0 Å². The standard InChI is InChI=1S/C25H42N6O.HI/c1-26-24(32)20-22-10-14-31(15-11-22)25(27-2)28-12-6-7-13-29-16-18-30(19-17-29)21-23-8-4-3-5-9-23;/h3-5,8-9,22H,6-7,10-21H2,1-2H3,(H,26,32)(H,27,28);1H. The average Bonchev–Trinajstić information content (AvgIpc) is 2.83. The Morgan fingerprint density at radius 2 is 1.67 bits per heavy atom. The number of piperazine rings is 1. The van der Waals surface area contributed by atoms with Gasteiger partial charge >= 0.3 is 0 Å². The van der Waals surface area contributed by atoms with Crippen LogP contribution >= 0.6 is 24.0 Å². The summed E-state index contributed by atoms with van der Waals surface area (Å²) in [6.07, 6.45) is 5.15. The number of rotatable bonds is 9. The average molecular weight is 571 g/mol. The molecule has 186 valence electrons. The van der Waals surface area contributed by atoms with E-state index in [4.69, 9.17) is 0 Å². The molecule has 0 saturated carbocycles. The molecule has 0 aliphatic carbocycles. The molecule has 2 heterocycles. The van der Waals surface area contributed by atoms with Gasteiger partial charge in [-0.3, -0.25) is 14.7 Å². The topological polar surface area (TPSA) is 63.2 Å². The van der Waals surface area contributed by atoms with Crippen molar-refractivity contribution in [1.82, 2.24) is 25.3 Å². The second-order valence-corrected chi connectivity index (χ2v) is 9.09. The van der Waals surface area contributed by atoms with Crippen molar-refractivity contribution in [2.75, 3.05) is 66.5 Å². The van der Waals surface area contributed by atoms with Crippen LogP contribution in [0.4, 0.5) is 0 Å². The monoisotopic (exact) mass is 570 g/mol. The first-order valence-corrected chi connectivity index (χ1v) is 12.3. The number of carbonyl (C=O) groups excluding carboxylic acids is 1. The minimum absolute atomic E-state index is 0. The molecule has 0 unspecified atom stereocenters. The van der Waals surface area contributed by atoms with Gasteiger partial charge in [0.1, 0.15) is 0 Å². The number of nitrogens with one attached hydrogen (secondary N) is 2. The van der Waals surface area contributed by atoms with Crippen LogP contribution in [0, 0.1) is 5.92 Å². The van der Waals surface area contributed by atoms with Gasteiger partial charge < -0.3 is 20.4 Å². The lowest BCUT2D eigenvalue weighted by Crippen LogP contribution is -2.47. The summed E-state index contributed by atoms with van der Waals surface area (Å²) >= 11 is 0. The third kappa shape index (κ3) is 9.78. The number of piperidine rings is 1. The van der Waals surface area contributed by atoms with Crippen molar-refractivity contribution in [3.05, 3.63) is 35.9 Å². The number of amides is 1. The summed E-state index contributed by atoms with van der Waals surface area (Å²) < 4.78 is 0. The Bertz CT molecular complexity index is 700. The number of likely N-dealkylation sites (tertiary alicyclic amines) is 1. The highest BCUT2D eigenvalue weighted by atomic mass is 127. The number of nitrogens with zero attached hydrogens (tertiary/aromatic N) is 4. The minimum atomic E-state index is 0. The van der Waals surface area contributed by atoms with E-state index in [0.717, 1.165) is 64.5 Å². The summed E-state index contributed by atoms with van der Waals surface area (Å²) in [6.45, 7) is 9.86. The maximum absolute atomic E-state index is 11.6. The Hall–Kier alpha value is -1.39. The number of aliphatic imine (C=N–C) groups is 1. The fourth-order valence-corrected chi connectivity index (χ4v) is 4.72. The molecule has 0 atom stereocenters. The molecule has 2 aliphatic rings. The Kier molecular flexibility index (Phi) is 13.1. The molecule has 3 rings (SSSR count). The quantitative estimate of drug-likeness (QED) is 0.207. The van der Waals surface area contributed by atoms with Crippen LogP contribution < -0.4 is 10.6 Å². The van der Waals surface area contributed by atoms with E-state index >= 15 is 0 Å². The van der Waals surface area contributed by atoms with Gasteiger partial charge in [-0.05, 0) is 43.7 Å². The summed E-state index contributed by atoms with van der Waals surface area (Å²) in [5.41, 5.74) is 1.41. The predicted octanol–water partition coefficient (Wildman–Crippen LogP) is 2.63. The molecule has 0 bridgehead atoms. The largest absolute Gasteiger partial charge is 0.359 e. The van der Waals surface area contributed by atoms with E-state index in [1.807, 2.05) is 7.05 Å². The summed E-state index contributed by atoms with van der Waals surface area (Å²) in [4.78, 5) is 23.6. The van der Waals surface area contributed by atoms with Gasteiger partial charge in [0, 0.05) is 72.9 Å². The van der Waals surface area contributed by atoms with Gasteiger partial charge in [0.2, 0.25) is 5.91 Å². The molecule has 8 heteroatoms. The zero-order valence-electron chi connectivity index (χ0n) is 20.5. The molecule has 0 spiro atoms. The first-order valence-electron chi connectivity index (χ1n) is 12.3. The van der Waals surface area contributed by atoms with Crippen molar-refractivity contribution >= 4 is 35.8 Å². The van der Waals surface area contributed by atoms with Crippen LogP contribution in [-0.2, 0) is 11.3 Å². The van der Waals surface area contributed by atoms with E-state index in [-0.39, 0.29) is 29.9 Å².